The topological polar surface area (TPSA) is 33.4 Å². The fourth-order valence-electron chi connectivity index (χ4n) is 2.31. The Bertz CT molecular complexity index is 669. The number of rotatable bonds is 2. The lowest BCUT2D eigenvalue weighted by molar-refractivity contribution is 0.191. The SMILES string of the molecule is Cc1ccc(C(O)c2ccco2)c2ccccc12. The third kappa shape index (κ3) is 1.71. The minimum absolute atomic E-state index is 0.573. The molecule has 0 fully saturated rings. The second-order valence-electron chi connectivity index (χ2n) is 4.44. The highest BCUT2D eigenvalue weighted by Gasteiger charge is 2.16. The van der Waals surface area contributed by atoms with E-state index < -0.39 is 6.10 Å². The molecule has 0 aliphatic heterocycles. The summed E-state index contributed by atoms with van der Waals surface area (Å²) in [5.41, 5.74) is 2.09. The van der Waals surface area contributed by atoms with Crippen LogP contribution in [0.3, 0.4) is 0 Å². The Balaban J connectivity index is 2.21. The van der Waals surface area contributed by atoms with Crippen LogP contribution in [0.25, 0.3) is 10.8 Å². The van der Waals surface area contributed by atoms with Gasteiger partial charge in [0.1, 0.15) is 11.9 Å². The van der Waals surface area contributed by atoms with E-state index in [9.17, 15) is 5.11 Å². The van der Waals surface area contributed by atoms with Gasteiger partial charge in [0.15, 0.2) is 0 Å². The van der Waals surface area contributed by atoms with Crippen LogP contribution in [-0.2, 0) is 0 Å². The van der Waals surface area contributed by atoms with E-state index in [-0.39, 0.29) is 0 Å². The summed E-state index contributed by atoms with van der Waals surface area (Å²) in [7, 11) is 0. The zero-order chi connectivity index (χ0) is 12.5. The number of hydrogen-bond donors (Lipinski definition) is 1. The van der Waals surface area contributed by atoms with Gasteiger partial charge in [-0.15, -0.1) is 0 Å². The summed E-state index contributed by atoms with van der Waals surface area (Å²) in [6, 6.07) is 15.7. The van der Waals surface area contributed by atoms with E-state index in [4.69, 9.17) is 4.42 Å². The lowest BCUT2D eigenvalue weighted by Gasteiger charge is -2.13. The number of aliphatic hydroxyl groups excluding tert-OH is 1. The fourth-order valence-corrected chi connectivity index (χ4v) is 2.31. The largest absolute Gasteiger partial charge is 0.466 e. The molecule has 1 heterocycles. The maximum absolute atomic E-state index is 10.4. The van der Waals surface area contributed by atoms with Crippen LogP contribution in [0.1, 0.15) is 23.0 Å². The van der Waals surface area contributed by atoms with Crippen molar-refractivity contribution in [2.75, 3.05) is 0 Å². The molecule has 0 bridgehead atoms. The molecule has 0 radical (unpaired) electrons. The summed E-state index contributed by atoms with van der Waals surface area (Å²) in [5, 5.41) is 12.6. The quantitative estimate of drug-likeness (QED) is 0.736. The number of benzene rings is 2. The van der Waals surface area contributed by atoms with Gasteiger partial charge in [0, 0.05) is 0 Å². The van der Waals surface area contributed by atoms with E-state index in [0.717, 1.165) is 10.9 Å². The van der Waals surface area contributed by atoms with Crippen molar-refractivity contribution in [2.24, 2.45) is 0 Å². The van der Waals surface area contributed by atoms with Crippen molar-refractivity contribution < 1.29 is 9.52 Å². The highest BCUT2D eigenvalue weighted by Crippen LogP contribution is 2.30. The Morgan fingerprint density at radius 3 is 2.44 bits per heavy atom. The summed E-state index contributed by atoms with van der Waals surface area (Å²) in [4.78, 5) is 0. The molecule has 0 saturated carbocycles. The Morgan fingerprint density at radius 2 is 1.72 bits per heavy atom. The molecule has 1 atom stereocenters. The van der Waals surface area contributed by atoms with E-state index in [1.807, 2.05) is 30.3 Å². The van der Waals surface area contributed by atoms with Crippen molar-refractivity contribution in [1.82, 2.24) is 0 Å². The monoisotopic (exact) mass is 238 g/mol. The standard InChI is InChI=1S/C16H14O2/c1-11-8-9-14(13-6-3-2-5-12(11)13)16(17)15-7-4-10-18-15/h2-10,16-17H,1H3. The van der Waals surface area contributed by atoms with Gasteiger partial charge in [-0.1, -0.05) is 36.4 Å². The maximum Gasteiger partial charge on any atom is 0.137 e. The number of aryl methyl sites for hydroxylation is 1. The summed E-state index contributed by atoms with van der Waals surface area (Å²) < 4.78 is 5.28. The maximum atomic E-state index is 10.4. The summed E-state index contributed by atoms with van der Waals surface area (Å²) in [6.45, 7) is 2.07. The minimum Gasteiger partial charge on any atom is -0.466 e. The Hall–Kier alpha value is -2.06. The van der Waals surface area contributed by atoms with Crippen LogP contribution in [0.2, 0.25) is 0 Å². The first-order valence-corrected chi connectivity index (χ1v) is 5.97. The third-order valence-corrected chi connectivity index (χ3v) is 3.28. The predicted octanol–water partition coefficient (Wildman–Crippen LogP) is 3.82. The molecule has 1 aromatic heterocycles. The highest BCUT2D eigenvalue weighted by molar-refractivity contribution is 5.89. The van der Waals surface area contributed by atoms with Crippen molar-refractivity contribution in [3.63, 3.8) is 0 Å². The van der Waals surface area contributed by atoms with Crippen LogP contribution in [0.15, 0.2) is 59.2 Å². The molecule has 90 valence electrons. The number of fused-ring (bicyclic) bond motifs is 1. The van der Waals surface area contributed by atoms with E-state index in [1.165, 1.54) is 10.9 Å². The van der Waals surface area contributed by atoms with Gasteiger partial charge < -0.3 is 9.52 Å². The third-order valence-electron chi connectivity index (χ3n) is 3.28. The van der Waals surface area contributed by atoms with Gasteiger partial charge in [-0.25, -0.2) is 0 Å². The Kier molecular flexibility index (Phi) is 2.65. The molecule has 0 aliphatic rings. The van der Waals surface area contributed by atoms with Crippen molar-refractivity contribution >= 4 is 10.8 Å². The van der Waals surface area contributed by atoms with E-state index in [2.05, 4.69) is 13.0 Å². The highest BCUT2D eigenvalue weighted by atomic mass is 16.4. The second-order valence-corrected chi connectivity index (χ2v) is 4.44. The lowest BCUT2D eigenvalue weighted by atomic mass is 9.96. The van der Waals surface area contributed by atoms with Crippen LogP contribution >= 0.6 is 0 Å². The van der Waals surface area contributed by atoms with Gasteiger partial charge in [-0.3, -0.25) is 0 Å². The van der Waals surface area contributed by atoms with E-state index in [1.54, 1.807) is 18.4 Å². The molecule has 0 amide bonds. The molecule has 2 aromatic carbocycles. The molecule has 1 unspecified atom stereocenters. The van der Waals surface area contributed by atoms with Crippen molar-refractivity contribution in [2.45, 2.75) is 13.0 Å². The van der Waals surface area contributed by atoms with Crippen LogP contribution < -0.4 is 0 Å². The number of hydrogen-bond acceptors (Lipinski definition) is 2. The molecule has 0 saturated heterocycles. The first kappa shape index (κ1) is 11.1. The first-order valence-electron chi connectivity index (χ1n) is 5.97. The van der Waals surface area contributed by atoms with Crippen LogP contribution in [0.5, 0.6) is 0 Å². The fraction of sp³-hybridized carbons (Fsp3) is 0.125. The molecule has 2 nitrogen and oxygen atoms in total. The van der Waals surface area contributed by atoms with Gasteiger partial charge in [-0.2, -0.15) is 0 Å². The Morgan fingerprint density at radius 1 is 0.944 bits per heavy atom. The summed E-state index contributed by atoms with van der Waals surface area (Å²) in [6.07, 6.45) is 0.861. The molecule has 0 spiro atoms. The molecule has 1 N–H and O–H groups in total. The van der Waals surface area contributed by atoms with Crippen LogP contribution in [0.4, 0.5) is 0 Å². The normalized spacial score (nSPS) is 12.8. The molecular formula is C16H14O2. The predicted molar refractivity (Wildman–Crippen MR) is 71.5 cm³/mol. The lowest BCUT2D eigenvalue weighted by Crippen LogP contribution is -1.99. The summed E-state index contributed by atoms with van der Waals surface area (Å²) >= 11 is 0. The average Bonchev–Trinajstić information content (AvgIpc) is 2.93. The Labute approximate surface area is 105 Å². The van der Waals surface area contributed by atoms with Gasteiger partial charge in [0.2, 0.25) is 0 Å². The molecule has 18 heavy (non-hydrogen) atoms. The van der Waals surface area contributed by atoms with Crippen molar-refractivity contribution in [3.05, 3.63) is 71.7 Å². The summed E-state index contributed by atoms with van der Waals surface area (Å²) in [5.74, 6) is 0.573. The smallest absolute Gasteiger partial charge is 0.137 e. The first-order chi connectivity index (χ1) is 8.77. The molecule has 2 heteroatoms. The van der Waals surface area contributed by atoms with Crippen LogP contribution in [-0.4, -0.2) is 5.11 Å². The number of aliphatic hydroxyl groups is 1. The molecule has 0 aliphatic carbocycles. The van der Waals surface area contributed by atoms with Crippen molar-refractivity contribution in [3.8, 4) is 0 Å². The zero-order valence-electron chi connectivity index (χ0n) is 10.1. The molecular weight excluding hydrogens is 224 g/mol. The van der Waals surface area contributed by atoms with Crippen molar-refractivity contribution in [1.29, 1.82) is 0 Å². The molecule has 3 aromatic rings. The van der Waals surface area contributed by atoms with E-state index in [0.29, 0.717) is 5.76 Å². The number of furan rings is 1. The van der Waals surface area contributed by atoms with Gasteiger partial charge in [0.05, 0.1) is 6.26 Å². The van der Waals surface area contributed by atoms with Crippen LogP contribution in [0, 0.1) is 6.92 Å². The molecule has 3 rings (SSSR count). The zero-order valence-corrected chi connectivity index (χ0v) is 10.1. The average molecular weight is 238 g/mol. The van der Waals surface area contributed by atoms with E-state index >= 15 is 0 Å². The second kappa shape index (κ2) is 4.31. The van der Waals surface area contributed by atoms with Gasteiger partial charge in [-0.05, 0) is 41.0 Å². The van der Waals surface area contributed by atoms with Gasteiger partial charge >= 0.3 is 0 Å². The minimum atomic E-state index is -0.717. The van der Waals surface area contributed by atoms with Gasteiger partial charge in [0.25, 0.3) is 0 Å².